The molecule has 0 saturated carbocycles. The van der Waals surface area contributed by atoms with Gasteiger partial charge in [-0.1, -0.05) is 23.7 Å². The number of hydrogen-bond acceptors (Lipinski definition) is 3. The normalized spacial score (nSPS) is 10.3. The number of rotatable bonds is 6. The Balaban J connectivity index is 2.14. The van der Waals surface area contributed by atoms with Crippen LogP contribution >= 0.6 is 11.6 Å². The number of benzene rings is 2. The summed E-state index contributed by atoms with van der Waals surface area (Å²) in [6.45, 7) is 3.33. The van der Waals surface area contributed by atoms with E-state index in [0.717, 1.165) is 5.56 Å². The molecule has 5 nitrogen and oxygen atoms in total. The number of para-hydroxylation sites is 1. The number of ether oxygens (including phenoxy) is 1. The van der Waals surface area contributed by atoms with E-state index in [1.54, 1.807) is 18.2 Å². The number of halogens is 2. The highest BCUT2D eigenvalue weighted by molar-refractivity contribution is 6.31. The van der Waals surface area contributed by atoms with Crippen molar-refractivity contribution < 1.29 is 18.7 Å². The van der Waals surface area contributed by atoms with Crippen LogP contribution in [0, 0.1) is 12.7 Å². The third kappa shape index (κ3) is 4.73. The van der Waals surface area contributed by atoms with Gasteiger partial charge in [-0.2, -0.15) is 0 Å². The highest BCUT2D eigenvalue weighted by atomic mass is 35.5. The van der Waals surface area contributed by atoms with Crippen LogP contribution in [0.5, 0.6) is 5.75 Å². The Kier molecular flexibility index (Phi) is 6.58. The fourth-order valence-corrected chi connectivity index (χ4v) is 2.61. The van der Waals surface area contributed by atoms with Crippen molar-refractivity contribution in [1.82, 2.24) is 0 Å². The molecule has 0 fully saturated rings. The molecule has 0 atom stereocenters. The van der Waals surface area contributed by atoms with E-state index in [9.17, 15) is 14.0 Å². The molecule has 0 aliphatic heterocycles. The van der Waals surface area contributed by atoms with Crippen molar-refractivity contribution in [2.24, 2.45) is 0 Å². The lowest BCUT2D eigenvalue weighted by molar-refractivity contribution is -0.117. The zero-order valence-corrected chi connectivity index (χ0v) is 15.6. The summed E-state index contributed by atoms with van der Waals surface area (Å²) in [5, 5.41) is 3.02. The largest absolute Gasteiger partial charge is 0.495 e. The van der Waals surface area contributed by atoms with Gasteiger partial charge in [0.15, 0.2) is 0 Å². The van der Waals surface area contributed by atoms with E-state index in [1.807, 2.05) is 6.92 Å². The van der Waals surface area contributed by atoms with E-state index >= 15 is 0 Å². The smallest absolute Gasteiger partial charge is 0.226 e. The quantitative estimate of drug-likeness (QED) is 0.820. The first-order valence-corrected chi connectivity index (χ1v) is 8.38. The summed E-state index contributed by atoms with van der Waals surface area (Å²) >= 11 is 6.10. The van der Waals surface area contributed by atoms with Gasteiger partial charge < -0.3 is 15.0 Å². The van der Waals surface area contributed by atoms with Gasteiger partial charge in [-0.05, 0) is 30.7 Å². The second-order valence-electron chi connectivity index (χ2n) is 5.72. The van der Waals surface area contributed by atoms with Crippen LogP contribution in [0.2, 0.25) is 5.02 Å². The maximum Gasteiger partial charge on any atom is 0.226 e. The lowest BCUT2D eigenvalue weighted by Gasteiger charge is -2.24. The van der Waals surface area contributed by atoms with Crippen molar-refractivity contribution in [2.45, 2.75) is 20.3 Å². The number of carbonyl (C=O) groups is 2. The molecule has 0 spiro atoms. The van der Waals surface area contributed by atoms with Crippen LogP contribution in [0.3, 0.4) is 0 Å². The molecule has 2 aromatic rings. The van der Waals surface area contributed by atoms with Gasteiger partial charge in [0.1, 0.15) is 11.6 Å². The van der Waals surface area contributed by atoms with Crippen molar-refractivity contribution in [3.05, 3.63) is 52.8 Å². The number of aryl methyl sites for hydroxylation is 1. The van der Waals surface area contributed by atoms with Crippen molar-refractivity contribution in [3.8, 4) is 5.75 Å². The van der Waals surface area contributed by atoms with E-state index in [-0.39, 0.29) is 24.6 Å². The van der Waals surface area contributed by atoms with E-state index in [1.165, 1.54) is 37.1 Å². The average Bonchev–Trinajstić information content (AvgIpc) is 2.59. The van der Waals surface area contributed by atoms with Crippen molar-refractivity contribution in [3.63, 3.8) is 0 Å². The lowest BCUT2D eigenvalue weighted by Crippen LogP contribution is -2.32. The Morgan fingerprint density at radius 2 is 1.96 bits per heavy atom. The molecule has 0 heterocycles. The summed E-state index contributed by atoms with van der Waals surface area (Å²) in [5.41, 5.74) is 1.41. The molecule has 1 N–H and O–H groups in total. The molecule has 0 saturated heterocycles. The SMILES string of the molecule is COc1cc(Cl)c(C)cc1N(CCC(=O)Nc1ccccc1F)C(C)=O. The molecule has 26 heavy (non-hydrogen) atoms. The van der Waals surface area contributed by atoms with E-state index in [0.29, 0.717) is 16.5 Å². The van der Waals surface area contributed by atoms with Crippen molar-refractivity contribution in [2.75, 3.05) is 23.9 Å². The highest BCUT2D eigenvalue weighted by Gasteiger charge is 2.19. The third-order valence-electron chi connectivity index (χ3n) is 3.84. The van der Waals surface area contributed by atoms with Crippen LogP contribution in [0.25, 0.3) is 0 Å². The first-order chi connectivity index (χ1) is 12.3. The molecule has 2 aromatic carbocycles. The molecule has 0 bridgehead atoms. The van der Waals surface area contributed by atoms with Crippen molar-refractivity contribution >= 4 is 34.8 Å². The minimum absolute atomic E-state index is 0.00125. The van der Waals surface area contributed by atoms with Gasteiger partial charge in [-0.3, -0.25) is 9.59 Å². The molecule has 2 rings (SSSR count). The highest BCUT2D eigenvalue weighted by Crippen LogP contribution is 2.34. The lowest BCUT2D eigenvalue weighted by atomic mass is 10.1. The van der Waals surface area contributed by atoms with Crippen LogP contribution in [-0.2, 0) is 9.59 Å². The van der Waals surface area contributed by atoms with Crippen LogP contribution in [0.4, 0.5) is 15.8 Å². The monoisotopic (exact) mass is 378 g/mol. The third-order valence-corrected chi connectivity index (χ3v) is 4.25. The zero-order chi connectivity index (χ0) is 19.3. The standard InChI is InChI=1S/C19H20ClFN2O3/c1-12-10-17(18(26-3)11-14(12)20)23(13(2)24)9-8-19(25)22-16-7-5-4-6-15(16)21/h4-7,10-11H,8-9H2,1-3H3,(H,22,25). The van der Waals surface area contributed by atoms with Crippen LogP contribution in [0.1, 0.15) is 18.9 Å². The molecule has 0 aliphatic rings. The maximum atomic E-state index is 13.6. The van der Waals surface area contributed by atoms with Gasteiger partial charge in [0.05, 0.1) is 18.5 Å². The molecule has 0 radical (unpaired) electrons. The first kappa shape index (κ1) is 19.7. The number of nitrogens with one attached hydrogen (secondary N) is 1. The summed E-state index contributed by atoms with van der Waals surface area (Å²) in [5.74, 6) is -0.723. The Labute approximate surface area is 156 Å². The van der Waals surface area contributed by atoms with E-state index in [2.05, 4.69) is 5.32 Å². The Hall–Kier alpha value is -2.60. The van der Waals surface area contributed by atoms with Gasteiger partial charge in [0.2, 0.25) is 11.8 Å². The van der Waals surface area contributed by atoms with Gasteiger partial charge in [0.25, 0.3) is 0 Å². The number of anilines is 2. The number of amides is 2. The number of carbonyl (C=O) groups excluding carboxylic acids is 2. The molecule has 0 unspecified atom stereocenters. The minimum Gasteiger partial charge on any atom is -0.495 e. The van der Waals surface area contributed by atoms with Gasteiger partial charge in [0, 0.05) is 31.0 Å². The molecule has 7 heteroatoms. The minimum atomic E-state index is -0.515. The summed E-state index contributed by atoms with van der Waals surface area (Å²) in [4.78, 5) is 25.6. The fraction of sp³-hybridized carbons (Fsp3) is 0.263. The Bertz CT molecular complexity index is 826. The molecule has 138 valence electrons. The molecular weight excluding hydrogens is 359 g/mol. The molecule has 0 aromatic heterocycles. The van der Waals surface area contributed by atoms with Crippen molar-refractivity contribution in [1.29, 1.82) is 0 Å². The summed E-state index contributed by atoms with van der Waals surface area (Å²) in [7, 11) is 1.48. The van der Waals surface area contributed by atoms with Crippen LogP contribution < -0.4 is 15.0 Å². The Morgan fingerprint density at radius 1 is 1.27 bits per heavy atom. The molecule has 2 amide bonds. The summed E-state index contributed by atoms with van der Waals surface area (Å²) in [6, 6.07) is 9.26. The van der Waals surface area contributed by atoms with Gasteiger partial charge >= 0.3 is 0 Å². The molecule has 0 aliphatic carbocycles. The number of nitrogens with zero attached hydrogens (tertiary/aromatic N) is 1. The average molecular weight is 379 g/mol. The van der Waals surface area contributed by atoms with Gasteiger partial charge in [-0.25, -0.2) is 4.39 Å². The zero-order valence-electron chi connectivity index (χ0n) is 14.8. The van der Waals surface area contributed by atoms with E-state index in [4.69, 9.17) is 16.3 Å². The topological polar surface area (TPSA) is 58.6 Å². The molecular formula is C19H20ClFN2O3. The predicted octanol–water partition coefficient (Wildman–Crippen LogP) is 4.18. The predicted molar refractivity (Wildman–Crippen MR) is 100 cm³/mol. The number of hydrogen-bond donors (Lipinski definition) is 1. The summed E-state index contributed by atoms with van der Waals surface area (Å²) < 4.78 is 18.9. The Morgan fingerprint density at radius 3 is 2.58 bits per heavy atom. The summed E-state index contributed by atoms with van der Waals surface area (Å²) in [6.07, 6.45) is -0.00125. The first-order valence-electron chi connectivity index (χ1n) is 8.00. The fourth-order valence-electron chi connectivity index (χ4n) is 2.46. The van der Waals surface area contributed by atoms with Crippen LogP contribution in [-0.4, -0.2) is 25.5 Å². The van der Waals surface area contributed by atoms with Crippen LogP contribution in [0.15, 0.2) is 36.4 Å². The maximum absolute atomic E-state index is 13.6. The van der Waals surface area contributed by atoms with E-state index < -0.39 is 11.7 Å². The second-order valence-corrected chi connectivity index (χ2v) is 6.13. The second kappa shape index (κ2) is 8.67. The van der Waals surface area contributed by atoms with Gasteiger partial charge in [-0.15, -0.1) is 0 Å². The number of methoxy groups -OCH3 is 1.